The average Bonchev–Trinajstić information content (AvgIpc) is 2.37. The van der Waals surface area contributed by atoms with Crippen LogP contribution in [-0.2, 0) is 0 Å². The summed E-state index contributed by atoms with van der Waals surface area (Å²) in [5.41, 5.74) is 0.679. The van der Waals surface area contributed by atoms with E-state index < -0.39 is 0 Å². The number of likely N-dealkylation sites (tertiary alicyclic amines) is 1. The van der Waals surface area contributed by atoms with Crippen molar-refractivity contribution >= 4 is 15.9 Å². The Hall–Kier alpha value is 0.440. The van der Waals surface area contributed by atoms with E-state index in [1.807, 2.05) is 0 Å². The van der Waals surface area contributed by atoms with Crippen molar-refractivity contribution < 1.29 is 0 Å². The van der Waals surface area contributed by atoms with Crippen LogP contribution in [0.2, 0.25) is 0 Å². The standard InChI is InChI=1S/C15H30BrN/c1-4-15(5-2)8-12-17(13-9-15)11-7-14(3)6-10-16/h14H,4-13H2,1-3H3. The molecule has 1 saturated heterocycles. The second-order valence-corrected chi connectivity index (χ2v) is 6.71. The zero-order chi connectivity index (χ0) is 12.7. The average molecular weight is 304 g/mol. The highest BCUT2D eigenvalue weighted by molar-refractivity contribution is 9.09. The van der Waals surface area contributed by atoms with Crippen LogP contribution in [0.15, 0.2) is 0 Å². The van der Waals surface area contributed by atoms with E-state index in [0.717, 1.165) is 11.2 Å². The van der Waals surface area contributed by atoms with Crippen LogP contribution in [0.1, 0.15) is 59.3 Å². The summed E-state index contributed by atoms with van der Waals surface area (Å²) >= 11 is 3.54. The summed E-state index contributed by atoms with van der Waals surface area (Å²) in [4.78, 5) is 2.69. The van der Waals surface area contributed by atoms with E-state index in [1.165, 1.54) is 58.2 Å². The van der Waals surface area contributed by atoms with Crippen LogP contribution in [0.3, 0.4) is 0 Å². The molecule has 1 fully saturated rings. The summed E-state index contributed by atoms with van der Waals surface area (Å²) in [7, 11) is 0. The van der Waals surface area contributed by atoms with E-state index in [-0.39, 0.29) is 0 Å². The first-order valence-corrected chi connectivity index (χ1v) is 8.56. The van der Waals surface area contributed by atoms with Crippen molar-refractivity contribution in [1.82, 2.24) is 4.90 Å². The van der Waals surface area contributed by atoms with Crippen LogP contribution in [0.25, 0.3) is 0 Å². The van der Waals surface area contributed by atoms with Gasteiger partial charge in [-0.05, 0) is 56.7 Å². The fourth-order valence-corrected chi connectivity index (χ4v) is 3.72. The van der Waals surface area contributed by atoms with E-state index in [0.29, 0.717) is 5.41 Å². The lowest BCUT2D eigenvalue weighted by Crippen LogP contribution is -2.40. The van der Waals surface area contributed by atoms with Crippen LogP contribution < -0.4 is 0 Å². The van der Waals surface area contributed by atoms with Gasteiger partial charge in [0.2, 0.25) is 0 Å². The fraction of sp³-hybridized carbons (Fsp3) is 1.00. The Balaban J connectivity index is 2.23. The lowest BCUT2D eigenvalue weighted by molar-refractivity contribution is 0.0918. The maximum absolute atomic E-state index is 3.54. The van der Waals surface area contributed by atoms with Gasteiger partial charge in [-0.25, -0.2) is 0 Å². The van der Waals surface area contributed by atoms with Crippen LogP contribution in [-0.4, -0.2) is 29.9 Å². The Morgan fingerprint density at radius 3 is 2.18 bits per heavy atom. The predicted octanol–water partition coefficient (Wildman–Crippen LogP) is 4.70. The molecule has 0 saturated carbocycles. The lowest BCUT2D eigenvalue weighted by atomic mass is 9.74. The minimum Gasteiger partial charge on any atom is -0.303 e. The normalized spacial score (nSPS) is 22.6. The van der Waals surface area contributed by atoms with Crippen LogP contribution in [0.4, 0.5) is 0 Å². The molecule has 1 aliphatic rings. The molecule has 0 spiro atoms. The summed E-state index contributed by atoms with van der Waals surface area (Å²) < 4.78 is 0. The highest BCUT2D eigenvalue weighted by Gasteiger charge is 2.30. The van der Waals surface area contributed by atoms with E-state index in [4.69, 9.17) is 0 Å². The maximum atomic E-state index is 3.54. The third-order valence-electron chi connectivity index (χ3n) is 4.96. The summed E-state index contributed by atoms with van der Waals surface area (Å²) in [5.74, 6) is 0.874. The molecule has 0 aliphatic carbocycles. The maximum Gasteiger partial charge on any atom is 0.00338 e. The second-order valence-electron chi connectivity index (χ2n) is 5.92. The monoisotopic (exact) mass is 303 g/mol. The first-order chi connectivity index (χ1) is 8.15. The van der Waals surface area contributed by atoms with Crippen molar-refractivity contribution in [3.05, 3.63) is 0 Å². The molecule has 102 valence electrons. The topological polar surface area (TPSA) is 3.24 Å². The molecule has 1 unspecified atom stereocenters. The Kier molecular flexibility index (Phi) is 7.10. The van der Waals surface area contributed by atoms with E-state index >= 15 is 0 Å². The highest BCUT2D eigenvalue weighted by atomic mass is 79.9. The first-order valence-electron chi connectivity index (χ1n) is 7.44. The van der Waals surface area contributed by atoms with Gasteiger partial charge in [-0.3, -0.25) is 0 Å². The van der Waals surface area contributed by atoms with Crippen LogP contribution in [0, 0.1) is 11.3 Å². The summed E-state index contributed by atoms with van der Waals surface area (Å²) in [6.45, 7) is 11.1. The van der Waals surface area contributed by atoms with Gasteiger partial charge in [-0.2, -0.15) is 0 Å². The van der Waals surface area contributed by atoms with Gasteiger partial charge in [0, 0.05) is 5.33 Å². The van der Waals surface area contributed by atoms with Gasteiger partial charge in [-0.1, -0.05) is 49.5 Å². The van der Waals surface area contributed by atoms with E-state index in [2.05, 4.69) is 41.6 Å². The van der Waals surface area contributed by atoms with Crippen LogP contribution >= 0.6 is 15.9 Å². The number of hydrogen-bond acceptors (Lipinski definition) is 1. The molecule has 17 heavy (non-hydrogen) atoms. The Labute approximate surface area is 116 Å². The first kappa shape index (κ1) is 15.5. The zero-order valence-electron chi connectivity index (χ0n) is 12.0. The Morgan fingerprint density at radius 2 is 1.71 bits per heavy atom. The Bertz CT molecular complexity index is 191. The molecule has 1 aliphatic heterocycles. The van der Waals surface area contributed by atoms with Crippen molar-refractivity contribution in [2.45, 2.75) is 59.3 Å². The fourth-order valence-electron chi connectivity index (χ4n) is 2.94. The van der Waals surface area contributed by atoms with Crippen LogP contribution in [0.5, 0.6) is 0 Å². The molecule has 1 atom stereocenters. The van der Waals surface area contributed by atoms with E-state index in [9.17, 15) is 0 Å². The number of rotatable bonds is 7. The number of alkyl halides is 1. The highest BCUT2D eigenvalue weighted by Crippen LogP contribution is 2.37. The van der Waals surface area contributed by atoms with Gasteiger partial charge < -0.3 is 4.90 Å². The van der Waals surface area contributed by atoms with Crippen molar-refractivity contribution in [2.24, 2.45) is 11.3 Å². The predicted molar refractivity (Wildman–Crippen MR) is 80.9 cm³/mol. The van der Waals surface area contributed by atoms with Gasteiger partial charge in [0.25, 0.3) is 0 Å². The molecule has 2 heteroatoms. The molecule has 0 aromatic rings. The van der Waals surface area contributed by atoms with Crippen molar-refractivity contribution in [1.29, 1.82) is 0 Å². The summed E-state index contributed by atoms with van der Waals surface area (Å²) in [6.07, 6.45) is 8.28. The summed E-state index contributed by atoms with van der Waals surface area (Å²) in [6, 6.07) is 0. The van der Waals surface area contributed by atoms with Gasteiger partial charge in [0.15, 0.2) is 0 Å². The van der Waals surface area contributed by atoms with Gasteiger partial charge in [0.1, 0.15) is 0 Å². The number of nitrogens with zero attached hydrogens (tertiary/aromatic N) is 1. The third-order valence-corrected chi connectivity index (χ3v) is 5.41. The minimum atomic E-state index is 0.679. The zero-order valence-corrected chi connectivity index (χ0v) is 13.6. The number of hydrogen-bond donors (Lipinski definition) is 0. The Morgan fingerprint density at radius 1 is 1.12 bits per heavy atom. The molecule has 1 nitrogen and oxygen atoms in total. The minimum absolute atomic E-state index is 0.679. The number of halogens is 1. The molecule has 1 heterocycles. The second kappa shape index (κ2) is 7.78. The SMILES string of the molecule is CCC1(CC)CCN(CCC(C)CCBr)CC1. The van der Waals surface area contributed by atoms with Gasteiger partial charge in [-0.15, -0.1) is 0 Å². The molecule has 0 aromatic heterocycles. The van der Waals surface area contributed by atoms with Crippen molar-refractivity contribution in [2.75, 3.05) is 25.0 Å². The van der Waals surface area contributed by atoms with Crippen molar-refractivity contribution in [3.63, 3.8) is 0 Å². The molecule has 0 amide bonds. The summed E-state index contributed by atoms with van der Waals surface area (Å²) in [5, 5.41) is 1.16. The lowest BCUT2D eigenvalue weighted by Gasteiger charge is -2.41. The largest absolute Gasteiger partial charge is 0.303 e. The molecular formula is C15H30BrN. The molecular weight excluding hydrogens is 274 g/mol. The molecule has 0 aromatic carbocycles. The van der Waals surface area contributed by atoms with Crippen molar-refractivity contribution in [3.8, 4) is 0 Å². The quantitative estimate of drug-likeness (QED) is 0.616. The van der Waals surface area contributed by atoms with Gasteiger partial charge >= 0.3 is 0 Å². The smallest absolute Gasteiger partial charge is 0.00338 e. The molecule has 1 rings (SSSR count). The molecule has 0 bridgehead atoms. The van der Waals surface area contributed by atoms with Gasteiger partial charge in [0.05, 0.1) is 0 Å². The van der Waals surface area contributed by atoms with E-state index in [1.54, 1.807) is 0 Å². The third kappa shape index (κ3) is 4.90. The molecule has 0 N–H and O–H groups in total. The molecule has 0 radical (unpaired) electrons. The number of piperidine rings is 1.